The topological polar surface area (TPSA) is 52.3 Å². The standard InChI is InChI=1S/C13H17NO2/c1-5-9-6-7-11(16-12(14)15)10(8-9)13(2,3)4/h5-8H,1H2,2-4H3,(H2,14,15). The third kappa shape index (κ3) is 2.86. The second kappa shape index (κ2) is 4.39. The molecule has 0 spiro atoms. The Bertz CT molecular complexity index is 416. The van der Waals surface area contributed by atoms with Gasteiger partial charge in [-0.3, -0.25) is 0 Å². The lowest BCUT2D eigenvalue weighted by molar-refractivity contribution is 0.210. The van der Waals surface area contributed by atoms with Gasteiger partial charge in [0.05, 0.1) is 0 Å². The summed E-state index contributed by atoms with van der Waals surface area (Å²) in [5.41, 5.74) is 6.83. The molecule has 0 saturated heterocycles. The number of rotatable bonds is 2. The summed E-state index contributed by atoms with van der Waals surface area (Å²) in [5.74, 6) is 0.505. The van der Waals surface area contributed by atoms with Gasteiger partial charge < -0.3 is 10.5 Å². The van der Waals surface area contributed by atoms with Gasteiger partial charge in [-0.25, -0.2) is 4.79 Å². The van der Waals surface area contributed by atoms with Crippen LogP contribution in [0.15, 0.2) is 24.8 Å². The van der Waals surface area contributed by atoms with Crippen LogP contribution >= 0.6 is 0 Å². The summed E-state index contributed by atoms with van der Waals surface area (Å²) in [4.78, 5) is 10.8. The number of hydrogen-bond donors (Lipinski definition) is 1. The van der Waals surface area contributed by atoms with Gasteiger partial charge >= 0.3 is 6.09 Å². The van der Waals surface area contributed by atoms with Gasteiger partial charge in [0.15, 0.2) is 0 Å². The van der Waals surface area contributed by atoms with Crippen molar-refractivity contribution in [3.8, 4) is 5.75 Å². The highest BCUT2D eigenvalue weighted by Crippen LogP contribution is 2.32. The molecule has 0 unspecified atom stereocenters. The number of amides is 1. The van der Waals surface area contributed by atoms with E-state index >= 15 is 0 Å². The molecule has 3 nitrogen and oxygen atoms in total. The van der Waals surface area contributed by atoms with E-state index in [0.717, 1.165) is 11.1 Å². The normalized spacial score (nSPS) is 10.9. The van der Waals surface area contributed by atoms with Crippen LogP contribution in [0.2, 0.25) is 0 Å². The fraction of sp³-hybridized carbons (Fsp3) is 0.308. The molecule has 2 N–H and O–H groups in total. The molecular formula is C13H17NO2. The Balaban J connectivity index is 3.27. The number of primary amides is 1. The van der Waals surface area contributed by atoms with E-state index in [1.54, 1.807) is 12.1 Å². The van der Waals surface area contributed by atoms with Crippen molar-refractivity contribution in [1.82, 2.24) is 0 Å². The van der Waals surface area contributed by atoms with Crippen LogP contribution in [0.5, 0.6) is 5.75 Å². The molecule has 0 aliphatic heterocycles. The van der Waals surface area contributed by atoms with Gasteiger partial charge in [0.25, 0.3) is 0 Å². The number of hydrogen-bond acceptors (Lipinski definition) is 2. The van der Waals surface area contributed by atoms with Gasteiger partial charge in [0.2, 0.25) is 0 Å². The summed E-state index contributed by atoms with van der Waals surface area (Å²) >= 11 is 0. The Kier molecular flexibility index (Phi) is 3.38. The van der Waals surface area contributed by atoms with Gasteiger partial charge in [-0.2, -0.15) is 0 Å². The fourth-order valence-corrected chi connectivity index (χ4v) is 1.46. The Morgan fingerprint density at radius 1 is 1.44 bits per heavy atom. The van der Waals surface area contributed by atoms with Crippen molar-refractivity contribution >= 4 is 12.2 Å². The molecule has 1 aromatic rings. The summed E-state index contributed by atoms with van der Waals surface area (Å²) < 4.78 is 4.98. The summed E-state index contributed by atoms with van der Waals surface area (Å²) in [6.45, 7) is 9.85. The molecule has 0 atom stereocenters. The van der Waals surface area contributed by atoms with Crippen LogP contribution in [0.1, 0.15) is 31.9 Å². The number of nitrogens with two attached hydrogens (primary N) is 1. The Labute approximate surface area is 95.9 Å². The van der Waals surface area contributed by atoms with Gasteiger partial charge in [-0.05, 0) is 23.1 Å². The monoisotopic (exact) mass is 219 g/mol. The van der Waals surface area contributed by atoms with Gasteiger partial charge in [-0.15, -0.1) is 0 Å². The molecule has 3 heteroatoms. The molecule has 0 fully saturated rings. The second-order valence-electron chi connectivity index (χ2n) is 4.63. The van der Waals surface area contributed by atoms with E-state index < -0.39 is 6.09 Å². The van der Waals surface area contributed by atoms with Crippen LogP contribution in [0.3, 0.4) is 0 Å². The maximum absolute atomic E-state index is 10.8. The SMILES string of the molecule is C=Cc1ccc(OC(N)=O)c(C(C)(C)C)c1. The third-order valence-electron chi connectivity index (χ3n) is 2.26. The first-order valence-corrected chi connectivity index (χ1v) is 5.09. The first-order valence-electron chi connectivity index (χ1n) is 5.09. The maximum Gasteiger partial charge on any atom is 0.409 e. The fourth-order valence-electron chi connectivity index (χ4n) is 1.46. The van der Waals surface area contributed by atoms with Gasteiger partial charge in [0.1, 0.15) is 5.75 Å². The third-order valence-corrected chi connectivity index (χ3v) is 2.26. The zero-order chi connectivity index (χ0) is 12.3. The van der Waals surface area contributed by atoms with Crippen molar-refractivity contribution in [3.63, 3.8) is 0 Å². The number of ether oxygens (including phenoxy) is 1. The van der Waals surface area contributed by atoms with Gasteiger partial charge in [0, 0.05) is 5.56 Å². The van der Waals surface area contributed by atoms with E-state index in [2.05, 4.69) is 6.58 Å². The summed E-state index contributed by atoms with van der Waals surface area (Å²) in [6, 6.07) is 5.52. The van der Waals surface area contributed by atoms with Crippen LogP contribution in [0.4, 0.5) is 4.79 Å². The van der Waals surface area contributed by atoms with Crippen molar-refractivity contribution in [3.05, 3.63) is 35.9 Å². The first-order chi connectivity index (χ1) is 7.34. The molecule has 0 aliphatic rings. The lowest BCUT2D eigenvalue weighted by Gasteiger charge is -2.22. The van der Waals surface area contributed by atoms with E-state index in [-0.39, 0.29) is 5.41 Å². The lowest BCUT2D eigenvalue weighted by atomic mass is 9.85. The highest BCUT2D eigenvalue weighted by atomic mass is 16.5. The number of carbonyl (C=O) groups excluding carboxylic acids is 1. The van der Waals surface area contributed by atoms with E-state index in [1.165, 1.54) is 0 Å². The minimum atomic E-state index is -0.795. The minimum Gasteiger partial charge on any atom is -0.410 e. The minimum absolute atomic E-state index is 0.121. The molecule has 0 aromatic heterocycles. The van der Waals surface area contributed by atoms with Crippen LogP contribution in [0.25, 0.3) is 6.08 Å². The van der Waals surface area contributed by atoms with E-state index in [1.807, 2.05) is 32.9 Å². The van der Waals surface area contributed by atoms with Crippen LogP contribution in [-0.2, 0) is 5.41 Å². The molecule has 0 aliphatic carbocycles. The van der Waals surface area contributed by atoms with Crippen LogP contribution in [0, 0.1) is 0 Å². The molecule has 16 heavy (non-hydrogen) atoms. The zero-order valence-electron chi connectivity index (χ0n) is 9.91. The summed E-state index contributed by atoms with van der Waals surface area (Å²) in [7, 11) is 0. The lowest BCUT2D eigenvalue weighted by Crippen LogP contribution is -2.20. The molecular weight excluding hydrogens is 202 g/mol. The Morgan fingerprint density at radius 3 is 2.50 bits per heavy atom. The van der Waals surface area contributed by atoms with Gasteiger partial charge in [-0.1, -0.05) is 39.5 Å². The first kappa shape index (κ1) is 12.3. The van der Waals surface area contributed by atoms with E-state index in [9.17, 15) is 4.79 Å². The highest BCUT2D eigenvalue weighted by Gasteiger charge is 2.20. The van der Waals surface area contributed by atoms with Crippen molar-refractivity contribution < 1.29 is 9.53 Å². The Hall–Kier alpha value is -1.77. The van der Waals surface area contributed by atoms with E-state index in [4.69, 9.17) is 10.5 Å². The largest absolute Gasteiger partial charge is 0.410 e. The molecule has 0 radical (unpaired) electrons. The predicted molar refractivity (Wildman–Crippen MR) is 65.4 cm³/mol. The smallest absolute Gasteiger partial charge is 0.409 e. The van der Waals surface area contributed by atoms with E-state index in [0.29, 0.717) is 5.75 Å². The van der Waals surface area contributed by atoms with Crippen molar-refractivity contribution in [2.45, 2.75) is 26.2 Å². The van der Waals surface area contributed by atoms with Crippen LogP contribution in [-0.4, -0.2) is 6.09 Å². The maximum atomic E-state index is 10.8. The molecule has 86 valence electrons. The van der Waals surface area contributed by atoms with Crippen LogP contribution < -0.4 is 10.5 Å². The predicted octanol–water partition coefficient (Wildman–Crippen LogP) is 3.08. The quantitative estimate of drug-likeness (QED) is 0.831. The number of benzene rings is 1. The van der Waals surface area contributed by atoms with Crippen molar-refractivity contribution in [2.24, 2.45) is 5.73 Å². The Morgan fingerprint density at radius 2 is 2.06 bits per heavy atom. The van der Waals surface area contributed by atoms with Crippen molar-refractivity contribution in [2.75, 3.05) is 0 Å². The molecule has 0 saturated carbocycles. The average Bonchev–Trinajstić information content (AvgIpc) is 2.15. The molecule has 1 aromatic carbocycles. The summed E-state index contributed by atoms with van der Waals surface area (Å²) in [6.07, 6.45) is 0.959. The molecule has 1 amide bonds. The molecule has 1 rings (SSSR count). The highest BCUT2D eigenvalue weighted by molar-refractivity contribution is 5.69. The zero-order valence-corrected chi connectivity index (χ0v) is 9.91. The number of carbonyl (C=O) groups is 1. The molecule has 0 bridgehead atoms. The summed E-state index contributed by atoms with van der Waals surface area (Å²) in [5, 5.41) is 0. The van der Waals surface area contributed by atoms with Crippen molar-refractivity contribution in [1.29, 1.82) is 0 Å². The average molecular weight is 219 g/mol. The second-order valence-corrected chi connectivity index (χ2v) is 4.63. The molecule has 0 heterocycles.